The Morgan fingerprint density at radius 3 is 2.10 bits per heavy atom. The molecule has 11 heteroatoms. The molecule has 0 saturated carbocycles. The van der Waals surface area contributed by atoms with Crippen molar-refractivity contribution >= 4 is 33.3 Å². The van der Waals surface area contributed by atoms with Gasteiger partial charge in [0.05, 0.1) is 0 Å². The van der Waals surface area contributed by atoms with Crippen LogP contribution in [0.5, 0.6) is 0 Å². The van der Waals surface area contributed by atoms with Gasteiger partial charge in [0.1, 0.15) is 0 Å². The van der Waals surface area contributed by atoms with E-state index in [9.17, 15) is 22.8 Å². The highest BCUT2D eigenvalue weighted by Gasteiger charge is 2.24. The van der Waals surface area contributed by atoms with Gasteiger partial charge >= 0.3 is 11.7 Å². The first-order valence-electron chi connectivity index (χ1n) is 8.81. The number of carbonyl (C=O) groups excluding carboxylic acids is 1. The van der Waals surface area contributed by atoms with Crippen LogP contribution in [0.1, 0.15) is 50.7 Å². The number of aromatic amines is 1. The van der Waals surface area contributed by atoms with Gasteiger partial charge in [-0.25, -0.2) is 22.7 Å². The van der Waals surface area contributed by atoms with Gasteiger partial charge in [-0.15, -0.1) is 0 Å². The number of rotatable bonds is 5. The minimum Gasteiger partial charge on any atom is -0.313 e. The van der Waals surface area contributed by atoms with Crippen molar-refractivity contribution in [2.24, 2.45) is 7.05 Å². The molecule has 0 unspecified atom stereocenters. The minimum absolute atomic E-state index is 0.00426. The Morgan fingerprint density at radius 1 is 1.10 bits per heavy atom. The largest absolute Gasteiger partial charge is 0.333 e. The van der Waals surface area contributed by atoms with E-state index in [0.29, 0.717) is 15.3 Å². The van der Waals surface area contributed by atoms with Gasteiger partial charge in [-0.1, -0.05) is 39.3 Å². The molecule has 3 N–H and O–H groups in total. The Kier molecular flexibility index (Phi) is 6.59. The van der Waals surface area contributed by atoms with Crippen LogP contribution in [0.3, 0.4) is 0 Å². The third kappa shape index (κ3) is 4.88. The van der Waals surface area contributed by atoms with Crippen LogP contribution < -0.4 is 21.3 Å². The van der Waals surface area contributed by atoms with Crippen LogP contribution in [0.25, 0.3) is 0 Å². The van der Waals surface area contributed by atoms with Crippen molar-refractivity contribution in [3.8, 4) is 0 Å². The summed E-state index contributed by atoms with van der Waals surface area (Å²) in [6.45, 7) is 7.67. The zero-order valence-electron chi connectivity index (χ0n) is 16.7. The number of H-pyrrole nitrogens is 1. The number of urea groups is 1. The van der Waals surface area contributed by atoms with Crippen molar-refractivity contribution in [2.45, 2.75) is 44.4 Å². The number of aromatic nitrogens is 2. The molecule has 0 aliphatic heterocycles. The van der Waals surface area contributed by atoms with Crippen molar-refractivity contribution in [1.82, 2.24) is 14.3 Å². The van der Waals surface area contributed by atoms with Crippen molar-refractivity contribution in [3.05, 3.63) is 55.3 Å². The van der Waals surface area contributed by atoms with Crippen LogP contribution in [-0.2, 0) is 17.1 Å². The standard InChI is InChI=1S/C18H23ClN4O5S/c1-9(2)12-6-11(19)7-13(10(3)4)15(12)21-17(25)22-29(27,28)14-8-20-18(26)23(5)16(14)24/h6-10H,1-5H3,(H,20,26)(H2,21,22,25). The lowest BCUT2D eigenvalue weighted by Crippen LogP contribution is -2.41. The molecule has 0 aliphatic rings. The van der Waals surface area contributed by atoms with Crippen LogP contribution in [0.15, 0.2) is 32.8 Å². The summed E-state index contributed by atoms with van der Waals surface area (Å²) in [5.41, 5.74) is 0.123. The number of halogens is 1. The van der Waals surface area contributed by atoms with Gasteiger partial charge in [0.2, 0.25) is 0 Å². The molecule has 0 aliphatic carbocycles. The molecule has 2 rings (SSSR count). The Labute approximate surface area is 173 Å². The monoisotopic (exact) mass is 442 g/mol. The lowest BCUT2D eigenvalue weighted by Gasteiger charge is -2.21. The summed E-state index contributed by atoms with van der Waals surface area (Å²) < 4.78 is 27.4. The average molecular weight is 443 g/mol. The smallest absolute Gasteiger partial charge is 0.313 e. The molecule has 158 valence electrons. The highest BCUT2D eigenvalue weighted by molar-refractivity contribution is 7.90. The summed E-state index contributed by atoms with van der Waals surface area (Å²) in [4.78, 5) is 37.4. The van der Waals surface area contributed by atoms with E-state index in [2.05, 4.69) is 10.3 Å². The van der Waals surface area contributed by atoms with Gasteiger partial charge in [0.15, 0.2) is 4.90 Å². The maximum Gasteiger partial charge on any atom is 0.333 e. The summed E-state index contributed by atoms with van der Waals surface area (Å²) in [5.74, 6) is 0.00852. The normalized spacial score (nSPS) is 11.7. The number of anilines is 1. The number of benzene rings is 1. The van der Waals surface area contributed by atoms with E-state index >= 15 is 0 Å². The van der Waals surface area contributed by atoms with E-state index in [4.69, 9.17) is 11.6 Å². The van der Waals surface area contributed by atoms with Gasteiger partial charge in [0.25, 0.3) is 15.6 Å². The SMILES string of the molecule is CC(C)c1cc(Cl)cc(C(C)C)c1NC(=O)NS(=O)(=O)c1c[nH]c(=O)n(C)c1=O. The number of hydrogen-bond donors (Lipinski definition) is 3. The molecular formula is C18H23ClN4O5S. The molecule has 0 atom stereocenters. The fraction of sp³-hybridized carbons (Fsp3) is 0.389. The fourth-order valence-electron chi connectivity index (χ4n) is 2.76. The van der Waals surface area contributed by atoms with Gasteiger partial charge in [-0.05, 0) is 35.1 Å². The van der Waals surface area contributed by atoms with Crippen LogP contribution >= 0.6 is 11.6 Å². The second-order valence-electron chi connectivity index (χ2n) is 7.15. The van der Waals surface area contributed by atoms with Gasteiger partial charge in [0, 0.05) is 24.0 Å². The third-order valence-electron chi connectivity index (χ3n) is 4.31. The molecule has 0 spiro atoms. The molecule has 0 fully saturated rings. The highest BCUT2D eigenvalue weighted by Crippen LogP contribution is 2.35. The summed E-state index contributed by atoms with van der Waals surface area (Å²) >= 11 is 6.19. The van der Waals surface area contributed by atoms with Crippen molar-refractivity contribution < 1.29 is 13.2 Å². The lowest BCUT2D eigenvalue weighted by atomic mass is 9.92. The van der Waals surface area contributed by atoms with E-state index in [0.717, 1.165) is 24.4 Å². The molecular weight excluding hydrogens is 420 g/mol. The van der Waals surface area contributed by atoms with Crippen molar-refractivity contribution in [2.75, 3.05) is 5.32 Å². The van der Waals surface area contributed by atoms with Crippen LogP contribution in [-0.4, -0.2) is 24.0 Å². The van der Waals surface area contributed by atoms with Crippen molar-refractivity contribution in [1.29, 1.82) is 0 Å². The topological polar surface area (TPSA) is 130 Å². The zero-order chi connectivity index (χ0) is 22.1. The molecule has 0 bridgehead atoms. The Morgan fingerprint density at radius 2 is 1.62 bits per heavy atom. The first kappa shape index (κ1) is 22.7. The summed E-state index contributed by atoms with van der Waals surface area (Å²) in [6.07, 6.45) is 0.752. The lowest BCUT2D eigenvalue weighted by molar-refractivity contribution is 0.256. The Bertz CT molecular complexity index is 1140. The predicted octanol–water partition coefficient (Wildman–Crippen LogP) is 2.48. The van der Waals surface area contributed by atoms with Crippen molar-refractivity contribution in [3.63, 3.8) is 0 Å². The molecule has 1 aromatic heterocycles. The van der Waals surface area contributed by atoms with Crippen LogP contribution in [0.4, 0.5) is 10.5 Å². The van der Waals surface area contributed by atoms with Gasteiger partial charge in [-0.2, -0.15) is 0 Å². The van der Waals surface area contributed by atoms with Crippen LogP contribution in [0, 0.1) is 0 Å². The average Bonchev–Trinajstić information content (AvgIpc) is 2.59. The minimum atomic E-state index is -4.52. The summed E-state index contributed by atoms with van der Waals surface area (Å²) in [7, 11) is -3.39. The molecule has 2 amide bonds. The number of carbonyl (C=O) groups is 1. The zero-order valence-corrected chi connectivity index (χ0v) is 18.2. The number of sulfonamides is 1. The van der Waals surface area contributed by atoms with E-state index in [1.807, 2.05) is 32.4 Å². The maximum absolute atomic E-state index is 12.5. The molecule has 29 heavy (non-hydrogen) atoms. The van der Waals surface area contributed by atoms with E-state index in [-0.39, 0.29) is 11.8 Å². The third-order valence-corrected chi connectivity index (χ3v) is 5.85. The van der Waals surface area contributed by atoms with E-state index in [1.165, 1.54) is 0 Å². The molecule has 1 aromatic carbocycles. The second-order valence-corrected chi connectivity index (χ2v) is 9.24. The first-order valence-corrected chi connectivity index (χ1v) is 10.7. The fourth-order valence-corrected chi connectivity index (χ4v) is 3.98. The molecule has 0 radical (unpaired) electrons. The highest BCUT2D eigenvalue weighted by atomic mass is 35.5. The van der Waals surface area contributed by atoms with Gasteiger partial charge in [-0.3, -0.25) is 9.36 Å². The summed E-state index contributed by atoms with van der Waals surface area (Å²) in [6, 6.07) is 2.38. The second kappa shape index (κ2) is 8.42. The molecule has 1 heterocycles. The first-order chi connectivity index (χ1) is 13.3. The Hall–Kier alpha value is -2.59. The maximum atomic E-state index is 12.5. The van der Waals surface area contributed by atoms with Gasteiger partial charge < -0.3 is 10.3 Å². The molecule has 9 nitrogen and oxygen atoms in total. The predicted molar refractivity (Wildman–Crippen MR) is 111 cm³/mol. The Balaban J connectivity index is 2.43. The quantitative estimate of drug-likeness (QED) is 0.654. The molecule has 0 saturated heterocycles. The molecule has 2 aromatic rings. The van der Waals surface area contributed by atoms with E-state index < -0.39 is 32.2 Å². The number of nitrogens with zero attached hydrogens (tertiary/aromatic N) is 1. The summed E-state index contributed by atoms with van der Waals surface area (Å²) in [5, 5.41) is 3.08. The van der Waals surface area contributed by atoms with E-state index in [1.54, 1.807) is 12.1 Å². The number of amides is 2. The number of hydrogen-bond acceptors (Lipinski definition) is 5. The number of nitrogens with one attached hydrogen (secondary N) is 3. The van der Waals surface area contributed by atoms with Crippen LogP contribution in [0.2, 0.25) is 5.02 Å².